The summed E-state index contributed by atoms with van der Waals surface area (Å²) in [5.74, 6) is 0.573. The van der Waals surface area contributed by atoms with Crippen LogP contribution in [0, 0.1) is 12.1 Å². The van der Waals surface area contributed by atoms with Gasteiger partial charge >= 0.3 is 0 Å². The van der Waals surface area contributed by atoms with Crippen LogP contribution in [0.1, 0.15) is 30.0 Å². The highest BCUT2D eigenvalue weighted by Gasteiger charge is 2.17. The lowest BCUT2D eigenvalue weighted by Crippen LogP contribution is -2.29. The van der Waals surface area contributed by atoms with Crippen LogP contribution in [-0.2, 0) is 4.74 Å². The first-order chi connectivity index (χ1) is 6.77. The van der Waals surface area contributed by atoms with Gasteiger partial charge in [-0.1, -0.05) is 0 Å². The summed E-state index contributed by atoms with van der Waals surface area (Å²) in [4.78, 5) is 0. The second-order valence-electron chi connectivity index (χ2n) is 3.81. The van der Waals surface area contributed by atoms with Gasteiger partial charge in [0.15, 0.2) is 11.9 Å². The number of nitrogens with zero attached hydrogens (tertiary/aromatic N) is 1. The van der Waals surface area contributed by atoms with E-state index in [0.717, 1.165) is 36.5 Å². The van der Waals surface area contributed by atoms with Crippen LogP contribution in [0.15, 0.2) is 18.3 Å². The zero-order chi connectivity index (χ0) is 9.97. The molecule has 0 bridgehead atoms. The number of pyridine rings is 1. The molecule has 0 spiro atoms. The molecule has 2 rings (SSSR count). The van der Waals surface area contributed by atoms with Crippen molar-refractivity contribution in [2.24, 2.45) is 0 Å². The number of ether oxygens (including phenoxy) is 1. The van der Waals surface area contributed by atoms with Crippen molar-refractivity contribution >= 4 is 0 Å². The molecule has 0 aromatic carbocycles. The fraction of sp³-hybridized carbons (Fsp3) is 0.545. The van der Waals surface area contributed by atoms with Gasteiger partial charge in [0.25, 0.3) is 0 Å². The molecule has 0 N–H and O–H groups in total. The Hall–Kier alpha value is -1.09. The molecule has 2 heterocycles. The van der Waals surface area contributed by atoms with Crippen LogP contribution in [0.2, 0.25) is 0 Å². The molecule has 1 saturated heterocycles. The number of hydrogen-bond acceptors (Lipinski definition) is 2. The van der Waals surface area contributed by atoms with E-state index in [0.29, 0.717) is 5.92 Å². The molecule has 1 aromatic rings. The molecule has 1 aliphatic rings. The molecule has 1 aromatic heterocycles. The van der Waals surface area contributed by atoms with Crippen LogP contribution < -0.4 is 4.73 Å². The molecule has 3 heteroatoms. The van der Waals surface area contributed by atoms with Gasteiger partial charge < -0.3 is 9.94 Å². The molecular formula is C11H15NO2. The standard InChI is InChI=1S/C11H15NO2/c1-9-8-11(2-5-12(9)13)10-3-6-14-7-4-10/h2,5,8,10H,3-4,6-7H2,1H3. The summed E-state index contributed by atoms with van der Waals surface area (Å²) in [6.07, 6.45) is 3.74. The molecule has 0 unspecified atom stereocenters. The highest BCUT2D eigenvalue weighted by atomic mass is 16.5. The minimum absolute atomic E-state index is 0.573. The zero-order valence-corrected chi connectivity index (χ0v) is 8.40. The van der Waals surface area contributed by atoms with E-state index in [9.17, 15) is 5.21 Å². The van der Waals surface area contributed by atoms with Gasteiger partial charge in [0.2, 0.25) is 0 Å². The molecule has 0 radical (unpaired) electrons. The highest BCUT2D eigenvalue weighted by molar-refractivity contribution is 5.17. The Morgan fingerprint density at radius 3 is 2.79 bits per heavy atom. The van der Waals surface area contributed by atoms with Crippen molar-refractivity contribution in [2.45, 2.75) is 25.7 Å². The SMILES string of the molecule is Cc1cc(C2CCOCC2)cc[n+]1[O-]. The maximum atomic E-state index is 11.1. The molecule has 0 atom stereocenters. The lowest BCUT2D eigenvalue weighted by Gasteiger charge is -2.22. The monoisotopic (exact) mass is 193 g/mol. The second kappa shape index (κ2) is 3.96. The summed E-state index contributed by atoms with van der Waals surface area (Å²) >= 11 is 0. The average Bonchev–Trinajstić information content (AvgIpc) is 2.23. The van der Waals surface area contributed by atoms with Gasteiger partial charge in [0.05, 0.1) is 0 Å². The minimum atomic E-state index is 0.573. The van der Waals surface area contributed by atoms with Gasteiger partial charge in [-0.05, 0) is 24.3 Å². The number of aryl methyl sites for hydroxylation is 1. The topological polar surface area (TPSA) is 36.2 Å². The summed E-state index contributed by atoms with van der Waals surface area (Å²) < 4.78 is 6.21. The van der Waals surface area contributed by atoms with Gasteiger partial charge in [-0.2, -0.15) is 4.73 Å². The lowest BCUT2D eigenvalue weighted by atomic mass is 9.92. The van der Waals surface area contributed by atoms with Crippen molar-refractivity contribution in [1.82, 2.24) is 0 Å². The molecule has 14 heavy (non-hydrogen) atoms. The van der Waals surface area contributed by atoms with Crippen molar-refractivity contribution in [3.05, 3.63) is 34.8 Å². The van der Waals surface area contributed by atoms with Gasteiger partial charge in [0, 0.05) is 32.3 Å². The van der Waals surface area contributed by atoms with E-state index >= 15 is 0 Å². The maximum absolute atomic E-state index is 11.1. The van der Waals surface area contributed by atoms with E-state index in [1.54, 1.807) is 6.20 Å². The minimum Gasteiger partial charge on any atom is -0.619 e. The first-order valence-corrected chi connectivity index (χ1v) is 5.05. The van der Waals surface area contributed by atoms with Gasteiger partial charge in [-0.25, -0.2) is 0 Å². The highest BCUT2D eigenvalue weighted by Crippen LogP contribution is 2.26. The smallest absolute Gasteiger partial charge is 0.189 e. The lowest BCUT2D eigenvalue weighted by molar-refractivity contribution is -0.612. The number of hydrogen-bond donors (Lipinski definition) is 0. The molecule has 3 nitrogen and oxygen atoms in total. The third kappa shape index (κ3) is 1.87. The number of rotatable bonds is 1. The second-order valence-corrected chi connectivity index (χ2v) is 3.81. The summed E-state index contributed by atoms with van der Waals surface area (Å²) in [7, 11) is 0. The molecule has 1 fully saturated rings. The molecule has 1 aliphatic heterocycles. The molecule has 0 saturated carbocycles. The quantitative estimate of drug-likeness (QED) is 0.501. The van der Waals surface area contributed by atoms with E-state index in [4.69, 9.17) is 4.74 Å². The normalized spacial score (nSPS) is 18.4. The van der Waals surface area contributed by atoms with E-state index in [1.165, 1.54) is 5.56 Å². The average molecular weight is 193 g/mol. The largest absolute Gasteiger partial charge is 0.619 e. The van der Waals surface area contributed by atoms with Crippen LogP contribution in [0.5, 0.6) is 0 Å². The zero-order valence-electron chi connectivity index (χ0n) is 8.40. The van der Waals surface area contributed by atoms with E-state index in [-0.39, 0.29) is 0 Å². The summed E-state index contributed by atoms with van der Waals surface area (Å²) in [6.45, 7) is 3.53. The van der Waals surface area contributed by atoms with Crippen LogP contribution in [0.25, 0.3) is 0 Å². The Morgan fingerprint density at radius 2 is 2.14 bits per heavy atom. The third-order valence-electron chi connectivity index (χ3n) is 2.82. The summed E-state index contributed by atoms with van der Waals surface area (Å²) in [5, 5.41) is 11.1. The van der Waals surface area contributed by atoms with Crippen molar-refractivity contribution in [1.29, 1.82) is 0 Å². The fourth-order valence-electron chi connectivity index (χ4n) is 1.91. The van der Waals surface area contributed by atoms with Crippen molar-refractivity contribution < 1.29 is 9.47 Å². The first-order valence-electron chi connectivity index (χ1n) is 5.05. The van der Waals surface area contributed by atoms with Crippen LogP contribution in [-0.4, -0.2) is 13.2 Å². The Labute approximate surface area is 83.9 Å². The Balaban J connectivity index is 2.18. The van der Waals surface area contributed by atoms with Crippen molar-refractivity contribution in [2.75, 3.05) is 13.2 Å². The van der Waals surface area contributed by atoms with Crippen molar-refractivity contribution in [3.63, 3.8) is 0 Å². The van der Waals surface area contributed by atoms with Crippen LogP contribution in [0.4, 0.5) is 0 Å². The molecule has 0 amide bonds. The van der Waals surface area contributed by atoms with Gasteiger partial charge in [-0.15, -0.1) is 0 Å². The van der Waals surface area contributed by atoms with Gasteiger partial charge in [0.1, 0.15) is 0 Å². The Bertz CT molecular complexity index is 319. The Kier molecular flexibility index (Phi) is 2.68. The van der Waals surface area contributed by atoms with Crippen LogP contribution >= 0.6 is 0 Å². The van der Waals surface area contributed by atoms with E-state index < -0.39 is 0 Å². The summed E-state index contributed by atoms with van der Waals surface area (Å²) in [6, 6.07) is 3.92. The van der Waals surface area contributed by atoms with Crippen molar-refractivity contribution in [3.8, 4) is 0 Å². The molecular weight excluding hydrogens is 178 g/mol. The van der Waals surface area contributed by atoms with E-state index in [2.05, 4.69) is 0 Å². The fourth-order valence-corrected chi connectivity index (χ4v) is 1.91. The maximum Gasteiger partial charge on any atom is 0.189 e. The summed E-state index contributed by atoms with van der Waals surface area (Å²) in [5.41, 5.74) is 2.05. The van der Waals surface area contributed by atoms with Crippen LogP contribution in [0.3, 0.4) is 0 Å². The Morgan fingerprint density at radius 1 is 1.43 bits per heavy atom. The molecule has 76 valence electrons. The number of aromatic nitrogens is 1. The predicted octanol–water partition coefficient (Wildman–Crippen LogP) is 1.52. The third-order valence-corrected chi connectivity index (χ3v) is 2.82. The molecule has 0 aliphatic carbocycles. The van der Waals surface area contributed by atoms with E-state index in [1.807, 2.05) is 19.1 Å². The first kappa shape index (κ1) is 9.46. The van der Waals surface area contributed by atoms with Gasteiger partial charge in [-0.3, -0.25) is 0 Å². The predicted molar refractivity (Wildman–Crippen MR) is 52.9 cm³/mol.